The van der Waals surface area contributed by atoms with E-state index in [1.54, 1.807) is 49.4 Å². The lowest BCUT2D eigenvalue weighted by Crippen LogP contribution is -2.48. The van der Waals surface area contributed by atoms with Gasteiger partial charge in [0.1, 0.15) is 0 Å². The highest BCUT2D eigenvalue weighted by atomic mass is 127. The number of carboxylic acids is 1. The Morgan fingerprint density at radius 3 is 2.33 bits per heavy atom. The Morgan fingerprint density at radius 2 is 1.63 bits per heavy atom. The van der Waals surface area contributed by atoms with Crippen LogP contribution in [-0.4, -0.2) is 46.9 Å². The van der Waals surface area contributed by atoms with Gasteiger partial charge in [-0.2, -0.15) is 0 Å². The summed E-state index contributed by atoms with van der Waals surface area (Å²) in [7, 11) is 1.44. The molecular formula is C35H29IN2O8. The first-order valence-electron chi connectivity index (χ1n) is 14.9. The molecule has 2 aliphatic carbocycles. The molecule has 4 aliphatic rings. The molecule has 0 radical (unpaired) electrons. The highest BCUT2D eigenvalue weighted by Gasteiger charge is 2.67. The van der Waals surface area contributed by atoms with Gasteiger partial charge in [-0.25, -0.2) is 9.69 Å². The third kappa shape index (κ3) is 4.16. The summed E-state index contributed by atoms with van der Waals surface area (Å²) < 4.78 is 5.98. The molecule has 3 aromatic carbocycles. The maximum absolute atomic E-state index is 14.5. The van der Waals surface area contributed by atoms with Gasteiger partial charge in [0.05, 0.1) is 50.8 Å². The highest BCUT2D eigenvalue weighted by Crippen LogP contribution is 2.64. The van der Waals surface area contributed by atoms with E-state index in [1.165, 1.54) is 36.3 Å². The molecule has 2 saturated heterocycles. The van der Waals surface area contributed by atoms with Crippen LogP contribution < -0.4 is 14.5 Å². The molecule has 3 aromatic rings. The summed E-state index contributed by atoms with van der Waals surface area (Å²) in [6.07, 6.45) is 2.36. The fourth-order valence-electron chi connectivity index (χ4n) is 8.17. The lowest BCUT2D eigenvalue weighted by Gasteiger charge is -2.49. The van der Waals surface area contributed by atoms with Crippen molar-refractivity contribution in [2.24, 2.45) is 29.1 Å². The van der Waals surface area contributed by atoms with Crippen LogP contribution in [0.25, 0.3) is 0 Å². The number of rotatable bonds is 5. The van der Waals surface area contributed by atoms with Crippen LogP contribution in [0.3, 0.4) is 0 Å². The van der Waals surface area contributed by atoms with Gasteiger partial charge in [0.2, 0.25) is 23.6 Å². The number of para-hydroxylation sites is 1. The van der Waals surface area contributed by atoms with Gasteiger partial charge in [0.15, 0.2) is 11.5 Å². The number of anilines is 2. The number of allylic oxidation sites excluding steroid dienone is 2. The molecule has 0 bridgehead atoms. The summed E-state index contributed by atoms with van der Waals surface area (Å²) in [5.74, 6) is -6.14. The Kier molecular flexibility index (Phi) is 7.07. The lowest BCUT2D eigenvalue weighted by molar-refractivity contribution is -0.131. The average molecular weight is 733 g/mol. The van der Waals surface area contributed by atoms with Crippen molar-refractivity contribution in [1.29, 1.82) is 0 Å². The van der Waals surface area contributed by atoms with Crippen LogP contribution >= 0.6 is 22.6 Å². The Morgan fingerprint density at radius 1 is 0.913 bits per heavy atom. The minimum Gasteiger partial charge on any atom is -0.504 e. The van der Waals surface area contributed by atoms with Crippen LogP contribution in [0.5, 0.6) is 11.5 Å². The number of carbonyl (C=O) groups excluding carboxylic acids is 4. The van der Waals surface area contributed by atoms with Crippen LogP contribution in [0.15, 0.2) is 78.4 Å². The molecule has 234 valence electrons. The Balaban J connectivity index is 1.38. The quantitative estimate of drug-likeness (QED) is 0.209. The van der Waals surface area contributed by atoms with Crippen LogP contribution in [0.2, 0.25) is 0 Å². The van der Waals surface area contributed by atoms with Crippen molar-refractivity contribution in [3.05, 3.63) is 93.1 Å². The number of fused-ring (bicyclic) bond motifs is 4. The third-order valence-electron chi connectivity index (χ3n) is 10.2. The number of aromatic hydroxyl groups is 1. The second kappa shape index (κ2) is 10.8. The number of amides is 4. The van der Waals surface area contributed by atoms with Crippen molar-refractivity contribution in [2.45, 2.75) is 25.7 Å². The summed E-state index contributed by atoms with van der Waals surface area (Å²) in [6, 6.07) is 17.9. The number of carboxylic acid groups (broad SMARTS) is 1. The SMILES string of the molecule is COc1cc(C2C3=CCC4C(=O)N(c5cccc(C(=O)O)c5)C(=O)C4C3CC3C(=O)N(c4ccccc4)C(=O)C32C)cc(I)c1O. The first-order valence-corrected chi connectivity index (χ1v) is 16.0. The Hall–Kier alpha value is -4.52. The van der Waals surface area contributed by atoms with Crippen molar-refractivity contribution in [1.82, 2.24) is 0 Å². The molecule has 7 rings (SSSR count). The van der Waals surface area contributed by atoms with Crippen molar-refractivity contribution >= 4 is 63.6 Å². The van der Waals surface area contributed by atoms with E-state index in [2.05, 4.69) is 0 Å². The largest absolute Gasteiger partial charge is 0.504 e. The number of phenolic OH excluding ortho intramolecular Hbond substituents is 1. The fraction of sp³-hybridized carbons (Fsp3) is 0.286. The van der Waals surface area contributed by atoms with Gasteiger partial charge in [-0.3, -0.25) is 24.1 Å². The molecule has 0 spiro atoms. The van der Waals surface area contributed by atoms with Gasteiger partial charge >= 0.3 is 5.97 Å². The predicted molar refractivity (Wildman–Crippen MR) is 174 cm³/mol. The zero-order valence-electron chi connectivity index (χ0n) is 24.8. The second-order valence-electron chi connectivity index (χ2n) is 12.4. The normalized spacial score (nSPS) is 28.5. The van der Waals surface area contributed by atoms with Gasteiger partial charge in [0, 0.05) is 5.92 Å². The maximum Gasteiger partial charge on any atom is 0.335 e. The standard InChI is InChI=1S/C35H29IN2O8/c1-35-24(31(41)38(34(35)45)19-8-4-3-5-9-19)16-23-21(28(35)18-14-25(36)29(39)26(15-18)46-2)11-12-22-27(23)32(42)37(30(22)40)20-10-6-7-17(13-20)33(43)44/h3-11,13-15,22-24,27-28,39H,12,16H2,1-2H3,(H,43,44). The van der Waals surface area contributed by atoms with E-state index >= 15 is 0 Å². The van der Waals surface area contributed by atoms with Crippen LogP contribution in [-0.2, 0) is 19.2 Å². The van der Waals surface area contributed by atoms with E-state index in [1.807, 2.05) is 28.7 Å². The number of imide groups is 2. The number of phenols is 1. The number of carbonyl (C=O) groups is 5. The molecule has 11 heteroatoms. The summed E-state index contributed by atoms with van der Waals surface area (Å²) in [5, 5.41) is 20.2. The number of aromatic carboxylic acids is 1. The molecule has 3 fully saturated rings. The third-order valence-corrected chi connectivity index (χ3v) is 11.1. The van der Waals surface area contributed by atoms with E-state index in [-0.39, 0.29) is 47.4 Å². The van der Waals surface area contributed by atoms with Crippen molar-refractivity contribution < 1.29 is 38.9 Å². The Bertz CT molecular complexity index is 1890. The molecule has 4 amide bonds. The highest BCUT2D eigenvalue weighted by molar-refractivity contribution is 14.1. The van der Waals surface area contributed by atoms with Gasteiger partial charge in [-0.15, -0.1) is 0 Å². The van der Waals surface area contributed by atoms with E-state index in [0.29, 0.717) is 14.8 Å². The summed E-state index contributed by atoms with van der Waals surface area (Å²) in [6.45, 7) is 1.80. The predicted octanol–water partition coefficient (Wildman–Crippen LogP) is 5.14. The van der Waals surface area contributed by atoms with Gasteiger partial charge in [-0.05, 0) is 96.3 Å². The lowest BCUT2D eigenvalue weighted by atomic mass is 9.51. The zero-order chi connectivity index (χ0) is 32.7. The number of ether oxygens (including phenoxy) is 1. The first kappa shape index (κ1) is 30.2. The molecule has 1 saturated carbocycles. The van der Waals surface area contributed by atoms with E-state index in [9.17, 15) is 34.2 Å². The molecule has 6 atom stereocenters. The van der Waals surface area contributed by atoms with E-state index in [4.69, 9.17) is 4.74 Å². The topological polar surface area (TPSA) is 142 Å². The number of benzene rings is 3. The number of nitrogens with zero attached hydrogens (tertiary/aromatic N) is 2. The maximum atomic E-state index is 14.5. The molecule has 6 unspecified atom stereocenters. The zero-order valence-corrected chi connectivity index (χ0v) is 27.0. The van der Waals surface area contributed by atoms with Gasteiger partial charge in [0.25, 0.3) is 0 Å². The number of hydrogen-bond acceptors (Lipinski definition) is 7. The van der Waals surface area contributed by atoms with E-state index in [0.717, 1.165) is 10.5 Å². The van der Waals surface area contributed by atoms with Gasteiger partial charge in [-0.1, -0.05) is 35.9 Å². The average Bonchev–Trinajstić information content (AvgIpc) is 3.42. The van der Waals surface area contributed by atoms with Crippen LogP contribution in [0, 0.1) is 32.7 Å². The van der Waals surface area contributed by atoms with Gasteiger partial charge < -0.3 is 14.9 Å². The molecular weight excluding hydrogens is 703 g/mol. The monoisotopic (exact) mass is 732 g/mol. The molecule has 2 aliphatic heterocycles. The smallest absolute Gasteiger partial charge is 0.335 e. The van der Waals surface area contributed by atoms with Crippen LogP contribution in [0.4, 0.5) is 11.4 Å². The molecule has 2 heterocycles. The minimum atomic E-state index is -1.24. The summed E-state index contributed by atoms with van der Waals surface area (Å²) in [5.41, 5.74) is 0.794. The number of methoxy groups -OCH3 is 1. The summed E-state index contributed by atoms with van der Waals surface area (Å²) in [4.78, 5) is 70.9. The van der Waals surface area contributed by atoms with Crippen molar-refractivity contribution in [3.8, 4) is 11.5 Å². The molecule has 0 aromatic heterocycles. The second-order valence-corrected chi connectivity index (χ2v) is 13.6. The molecule has 10 nitrogen and oxygen atoms in total. The summed E-state index contributed by atoms with van der Waals surface area (Å²) >= 11 is 2.00. The van der Waals surface area contributed by atoms with Crippen molar-refractivity contribution in [2.75, 3.05) is 16.9 Å². The first-order chi connectivity index (χ1) is 22.0. The van der Waals surface area contributed by atoms with Crippen molar-refractivity contribution in [3.63, 3.8) is 0 Å². The fourth-order valence-corrected chi connectivity index (χ4v) is 8.79. The number of hydrogen-bond donors (Lipinski definition) is 2. The van der Waals surface area contributed by atoms with Crippen LogP contribution in [0.1, 0.15) is 41.6 Å². The number of halogens is 1. The Labute approximate surface area is 277 Å². The minimum absolute atomic E-state index is 0.0471. The molecule has 46 heavy (non-hydrogen) atoms. The van der Waals surface area contributed by atoms with E-state index < -0.39 is 52.8 Å². The molecule has 2 N–H and O–H groups in total.